The summed E-state index contributed by atoms with van der Waals surface area (Å²) in [5.74, 6) is 0.510. The Morgan fingerprint density at radius 1 is 1.04 bits per heavy atom. The molecule has 1 fully saturated rings. The van der Waals surface area contributed by atoms with Crippen molar-refractivity contribution in [3.8, 4) is 5.75 Å². The summed E-state index contributed by atoms with van der Waals surface area (Å²) in [5.41, 5.74) is 6.66. The molecule has 1 N–H and O–H groups in total. The number of amides is 1. The van der Waals surface area contributed by atoms with Crippen LogP contribution in [0.4, 0.5) is 5.69 Å². The summed E-state index contributed by atoms with van der Waals surface area (Å²) >= 11 is 0. The number of carbonyl (C=O) groups is 2. The monoisotopic (exact) mass is 632 g/mol. The SMILES string of the molecule is CC.CC(=O)O.CCCCc1cccc(N(CCCC)C(=O)CN2CCCC2CCC2=CC=CC2)c1.Cc1ccc2c(c1)CCO2. The van der Waals surface area contributed by atoms with E-state index in [1.54, 1.807) is 5.57 Å². The van der Waals surface area contributed by atoms with Crippen LogP contribution < -0.4 is 9.64 Å². The van der Waals surface area contributed by atoms with Crippen molar-refractivity contribution in [2.45, 2.75) is 118 Å². The molecule has 0 aromatic heterocycles. The molecule has 5 rings (SSSR count). The van der Waals surface area contributed by atoms with Gasteiger partial charge in [-0.15, -0.1) is 0 Å². The smallest absolute Gasteiger partial charge is 0.300 e. The first-order chi connectivity index (χ1) is 22.3. The van der Waals surface area contributed by atoms with Gasteiger partial charge >= 0.3 is 0 Å². The van der Waals surface area contributed by atoms with E-state index in [1.807, 2.05) is 13.8 Å². The zero-order chi connectivity index (χ0) is 33.7. The van der Waals surface area contributed by atoms with Crippen LogP contribution in [0.2, 0.25) is 0 Å². The molecule has 1 aliphatic carbocycles. The van der Waals surface area contributed by atoms with Crippen LogP contribution in [0, 0.1) is 6.92 Å². The van der Waals surface area contributed by atoms with Gasteiger partial charge in [0.25, 0.3) is 5.97 Å². The molecule has 0 radical (unpaired) electrons. The van der Waals surface area contributed by atoms with E-state index in [0.717, 1.165) is 70.2 Å². The van der Waals surface area contributed by atoms with Crippen LogP contribution in [0.15, 0.2) is 66.3 Å². The molecule has 6 heteroatoms. The topological polar surface area (TPSA) is 70.1 Å². The number of hydrogen-bond donors (Lipinski definition) is 1. The highest BCUT2D eigenvalue weighted by molar-refractivity contribution is 5.94. The lowest BCUT2D eigenvalue weighted by Crippen LogP contribution is -2.42. The molecule has 254 valence electrons. The number of fused-ring (bicyclic) bond motifs is 1. The molecule has 1 amide bonds. The van der Waals surface area contributed by atoms with E-state index in [2.05, 4.69) is 91.3 Å². The normalized spacial score (nSPS) is 16.0. The molecule has 1 atom stereocenters. The summed E-state index contributed by atoms with van der Waals surface area (Å²) in [5, 5.41) is 7.42. The molecule has 0 saturated carbocycles. The average Bonchev–Trinajstić information content (AvgIpc) is 3.83. The number of benzene rings is 2. The molecule has 0 bridgehead atoms. The highest BCUT2D eigenvalue weighted by Crippen LogP contribution is 2.27. The fourth-order valence-corrected chi connectivity index (χ4v) is 6.01. The second-order valence-corrected chi connectivity index (χ2v) is 12.2. The third-order valence-corrected chi connectivity index (χ3v) is 8.41. The minimum atomic E-state index is -0.833. The molecular weight excluding hydrogens is 572 g/mol. The Hall–Kier alpha value is -3.38. The first-order valence-electron chi connectivity index (χ1n) is 17.7. The Morgan fingerprint density at radius 3 is 2.50 bits per heavy atom. The van der Waals surface area contributed by atoms with E-state index >= 15 is 0 Å². The number of carbonyl (C=O) groups excluding carboxylic acids is 1. The van der Waals surface area contributed by atoms with E-state index in [0.29, 0.717) is 12.6 Å². The van der Waals surface area contributed by atoms with Crippen LogP contribution in [-0.2, 0) is 22.4 Å². The van der Waals surface area contributed by atoms with Crippen molar-refractivity contribution in [1.82, 2.24) is 4.90 Å². The molecule has 1 saturated heterocycles. The van der Waals surface area contributed by atoms with Gasteiger partial charge in [-0.25, -0.2) is 0 Å². The zero-order valence-electron chi connectivity index (χ0n) is 29.5. The zero-order valence-corrected chi connectivity index (χ0v) is 29.5. The maximum Gasteiger partial charge on any atom is 0.300 e. The lowest BCUT2D eigenvalue weighted by molar-refractivity contribution is -0.134. The molecule has 0 spiro atoms. The number of rotatable bonds is 12. The van der Waals surface area contributed by atoms with Gasteiger partial charge in [0, 0.05) is 31.6 Å². The van der Waals surface area contributed by atoms with Crippen LogP contribution in [0.1, 0.15) is 109 Å². The lowest BCUT2D eigenvalue weighted by Gasteiger charge is -2.29. The number of allylic oxidation sites excluding steroid dienone is 4. The average molecular weight is 633 g/mol. The minimum absolute atomic E-state index is 0.268. The van der Waals surface area contributed by atoms with Gasteiger partial charge < -0.3 is 14.7 Å². The number of anilines is 1. The highest BCUT2D eigenvalue weighted by Gasteiger charge is 2.28. The number of likely N-dealkylation sites (tertiary alicyclic amines) is 1. The van der Waals surface area contributed by atoms with Crippen LogP contribution in [-0.4, -0.2) is 54.2 Å². The fourth-order valence-electron chi connectivity index (χ4n) is 6.01. The molecular formula is C40H60N2O4. The Kier molecular flexibility index (Phi) is 18.7. The molecule has 2 aromatic carbocycles. The van der Waals surface area contributed by atoms with E-state index in [4.69, 9.17) is 14.6 Å². The summed E-state index contributed by atoms with van der Waals surface area (Å²) in [7, 11) is 0. The standard InChI is InChI=1S/C27H40N2O.C9H10O.C2H4O2.C2H6/c1-3-5-11-24-14-9-15-26(21-24)29(20-6-4-2)27(30)22-28-19-10-16-25(28)18-17-23-12-7-8-13-23;1-7-2-3-9-8(6-7)4-5-10-9;1-2(3)4;1-2/h7-9,12,14-15,21,25H,3-6,10-11,13,16-20,22H2,1-2H3;2-3,6H,4-5H2,1H3;1H3,(H,3,4);1-2H3. The maximum absolute atomic E-state index is 13.4. The number of carboxylic acids is 1. The number of aliphatic carboxylic acids is 1. The summed E-state index contributed by atoms with van der Waals surface area (Å²) in [6.07, 6.45) is 19.3. The van der Waals surface area contributed by atoms with Crippen molar-refractivity contribution in [2.75, 3.05) is 31.1 Å². The van der Waals surface area contributed by atoms with Gasteiger partial charge in [-0.05, 0) is 94.2 Å². The second-order valence-electron chi connectivity index (χ2n) is 12.2. The Bertz CT molecular complexity index is 1250. The van der Waals surface area contributed by atoms with Crippen molar-refractivity contribution in [3.63, 3.8) is 0 Å². The number of aryl methyl sites for hydroxylation is 2. The van der Waals surface area contributed by atoms with Gasteiger partial charge in [0.15, 0.2) is 0 Å². The third-order valence-electron chi connectivity index (χ3n) is 8.41. The van der Waals surface area contributed by atoms with Crippen LogP contribution in [0.5, 0.6) is 5.75 Å². The van der Waals surface area contributed by atoms with Crippen LogP contribution >= 0.6 is 0 Å². The Labute approximate surface area is 279 Å². The van der Waals surface area contributed by atoms with Gasteiger partial charge in [-0.3, -0.25) is 14.5 Å². The second kappa shape index (κ2) is 22.2. The Balaban J connectivity index is 0.000000376. The van der Waals surface area contributed by atoms with Crippen molar-refractivity contribution in [1.29, 1.82) is 0 Å². The van der Waals surface area contributed by atoms with Gasteiger partial charge in [0.1, 0.15) is 5.75 Å². The lowest BCUT2D eigenvalue weighted by atomic mass is 10.0. The van der Waals surface area contributed by atoms with Gasteiger partial charge in [-0.1, -0.05) is 94.2 Å². The first kappa shape index (κ1) is 38.8. The number of ether oxygens (including phenoxy) is 1. The fraction of sp³-hybridized carbons (Fsp3) is 0.550. The van der Waals surface area contributed by atoms with Crippen LogP contribution in [0.3, 0.4) is 0 Å². The molecule has 2 aromatic rings. The third kappa shape index (κ3) is 13.9. The van der Waals surface area contributed by atoms with Crippen molar-refractivity contribution in [2.24, 2.45) is 0 Å². The van der Waals surface area contributed by atoms with Crippen molar-refractivity contribution < 1.29 is 19.4 Å². The van der Waals surface area contributed by atoms with Crippen molar-refractivity contribution in [3.05, 3.63) is 83.0 Å². The molecule has 2 heterocycles. The quantitative estimate of drug-likeness (QED) is 0.253. The summed E-state index contributed by atoms with van der Waals surface area (Å²) in [6, 6.07) is 15.6. The maximum atomic E-state index is 13.4. The predicted octanol–water partition coefficient (Wildman–Crippen LogP) is 9.34. The molecule has 6 nitrogen and oxygen atoms in total. The van der Waals surface area contributed by atoms with E-state index in [-0.39, 0.29) is 5.91 Å². The van der Waals surface area contributed by atoms with Gasteiger partial charge in [-0.2, -0.15) is 0 Å². The summed E-state index contributed by atoms with van der Waals surface area (Å²) < 4.78 is 5.35. The molecule has 3 aliphatic rings. The summed E-state index contributed by atoms with van der Waals surface area (Å²) in [6.45, 7) is 14.9. The summed E-state index contributed by atoms with van der Waals surface area (Å²) in [4.78, 5) is 26.9. The predicted molar refractivity (Wildman–Crippen MR) is 193 cm³/mol. The molecule has 2 aliphatic heterocycles. The minimum Gasteiger partial charge on any atom is -0.493 e. The van der Waals surface area contributed by atoms with E-state index in [1.165, 1.54) is 55.2 Å². The number of carboxylic acid groups (broad SMARTS) is 1. The number of unbranched alkanes of at least 4 members (excludes halogenated alkanes) is 2. The highest BCUT2D eigenvalue weighted by atomic mass is 16.5. The number of nitrogens with zero attached hydrogens (tertiary/aromatic N) is 2. The largest absolute Gasteiger partial charge is 0.493 e. The van der Waals surface area contributed by atoms with E-state index < -0.39 is 5.97 Å². The van der Waals surface area contributed by atoms with Crippen LogP contribution in [0.25, 0.3) is 0 Å². The van der Waals surface area contributed by atoms with E-state index in [9.17, 15) is 4.79 Å². The molecule has 1 unspecified atom stereocenters. The van der Waals surface area contributed by atoms with Crippen molar-refractivity contribution >= 4 is 17.6 Å². The first-order valence-corrected chi connectivity index (χ1v) is 17.7. The van der Waals surface area contributed by atoms with Gasteiger partial charge in [0.05, 0.1) is 13.2 Å². The van der Waals surface area contributed by atoms with Gasteiger partial charge in [0.2, 0.25) is 5.91 Å². The Morgan fingerprint density at radius 2 is 1.80 bits per heavy atom. The number of hydrogen-bond acceptors (Lipinski definition) is 4. The molecule has 46 heavy (non-hydrogen) atoms.